The lowest BCUT2D eigenvalue weighted by Crippen LogP contribution is -2.28. The number of aromatic nitrogens is 2. The molecule has 2 rings (SSSR count). The molecule has 1 aromatic carbocycles. The van der Waals surface area contributed by atoms with Gasteiger partial charge in [0.2, 0.25) is 0 Å². The molecule has 0 aliphatic heterocycles. The van der Waals surface area contributed by atoms with Crippen molar-refractivity contribution in [2.45, 2.75) is 32.9 Å². The average Bonchev–Trinajstić information content (AvgIpc) is 2.71. The quantitative estimate of drug-likeness (QED) is 0.925. The zero-order valence-electron chi connectivity index (χ0n) is 10.8. The number of aryl methyl sites for hydroxylation is 2. The van der Waals surface area contributed by atoms with Crippen molar-refractivity contribution in [2.75, 3.05) is 0 Å². The van der Waals surface area contributed by atoms with Gasteiger partial charge in [-0.25, -0.2) is 0 Å². The van der Waals surface area contributed by atoms with Gasteiger partial charge in [-0.15, -0.1) is 0 Å². The zero-order valence-corrected chi connectivity index (χ0v) is 11.6. The number of rotatable bonds is 3. The summed E-state index contributed by atoms with van der Waals surface area (Å²) in [5.41, 5.74) is 1.38. The molecular weight excluding hydrogens is 248 g/mol. The van der Waals surface area contributed by atoms with E-state index in [0.29, 0.717) is 17.3 Å². The van der Waals surface area contributed by atoms with Crippen LogP contribution in [0, 0.1) is 6.92 Å². The van der Waals surface area contributed by atoms with Gasteiger partial charge in [0.1, 0.15) is 5.60 Å². The lowest BCUT2D eigenvalue weighted by molar-refractivity contribution is 0.0912. The highest BCUT2D eigenvalue weighted by Crippen LogP contribution is 2.35. The molecule has 1 heterocycles. The van der Waals surface area contributed by atoms with Gasteiger partial charge in [0.05, 0.1) is 16.9 Å². The minimum absolute atomic E-state index is 0.491. The Balaban J connectivity index is 2.61. The summed E-state index contributed by atoms with van der Waals surface area (Å²) in [6, 6.07) is 7.76. The van der Waals surface area contributed by atoms with Crippen LogP contribution >= 0.6 is 11.6 Å². The summed E-state index contributed by atoms with van der Waals surface area (Å²) in [4.78, 5) is 0. The fourth-order valence-corrected chi connectivity index (χ4v) is 2.66. The van der Waals surface area contributed by atoms with Gasteiger partial charge < -0.3 is 5.11 Å². The van der Waals surface area contributed by atoms with Crippen LogP contribution in [0.2, 0.25) is 5.02 Å². The van der Waals surface area contributed by atoms with Crippen LogP contribution in [0.4, 0.5) is 0 Å². The van der Waals surface area contributed by atoms with Crippen molar-refractivity contribution in [1.82, 2.24) is 9.78 Å². The van der Waals surface area contributed by atoms with E-state index in [9.17, 15) is 5.11 Å². The first kappa shape index (κ1) is 13.1. The van der Waals surface area contributed by atoms with E-state index in [-0.39, 0.29) is 0 Å². The van der Waals surface area contributed by atoms with Crippen molar-refractivity contribution in [3.8, 4) is 0 Å². The van der Waals surface area contributed by atoms with Gasteiger partial charge in [-0.2, -0.15) is 5.10 Å². The number of benzene rings is 1. The van der Waals surface area contributed by atoms with Crippen LogP contribution in [0.25, 0.3) is 0 Å². The number of hydrogen-bond donors (Lipinski definition) is 1. The van der Waals surface area contributed by atoms with E-state index >= 15 is 0 Å². The fraction of sp³-hybridized carbons (Fsp3) is 0.357. The summed E-state index contributed by atoms with van der Waals surface area (Å²) in [7, 11) is 0. The highest BCUT2D eigenvalue weighted by Gasteiger charge is 2.33. The average molecular weight is 265 g/mol. The second-order valence-corrected chi connectivity index (χ2v) is 4.95. The van der Waals surface area contributed by atoms with Crippen molar-refractivity contribution >= 4 is 11.6 Å². The number of hydrogen-bond acceptors (Lipinski definition) is 2. The maximum Gasteiger partial charge on any atom is 0.130 e. The van der Waals surface area contributed by atoms with Gasteiger partial charge in [0.15, 0.2) is 0 Å². The first-order valence-electron chi connectivity index (χ1n) is 5.98. The van der Waals surface area contributed by atoms with Crippen molar-refractivity contribution in [3.05, 3.63) is 52.3 Å². The molecule has 0 saturated heterocycles. The SMILES string of the molecule is CCn1ncc(Cl)c1C(C)(O)c1ccccc1C. The maximum atomic E-state index is 10.9. The first-order chi connectivity index (χ1) is 8.48. The van der Waals surface area contributed by atoms with Gasteiger partial charge >= 0.3 is 0 Å². The van der Waals surface area contributed by atoms with Gasteiger partial charge in [0.25, 0.3) is 0 Å². The predicted molar refractivity (Wildman–Crippen MR) is 72.8 cm³/mol. The molecule has 1 atom stereocenters. The van der Waals surface area contributed by atoms with Crippen LogP contribution in [0.3, 0.4) is 0 Å². The van der Waals surface area contributed by atoms with Crippen LogP contribution in [-0.2, 0) is 12.1 Å². The highest BCUT2D eigenvalue weighted by molar-refractivity contribution is 6.31. The minimum atomic E-state index is -1.14. The molecule has 1 aromatic heterocycles. The standard InChI is InChI=1S/C14H17ClN2O/c1-4-17-13(12(15)9-16-17)14(3,18)11-8-6-5-7-10(11)2/h5-9,18H,4H2,1-3H3. The molecule has 0 spiro atoms. The van der Waals surface area contributed by atoms with Gasteiger partial charge in [0, 0.05) is 6.54 Å². The summed E-state index contributed by atoms with van der Waals surface area (Å²) >= 11 is 6.17. The molecule has 2 aromatic rings. The molecule has 4 heteroatoms. The Morgan fingerprint density at radius 2 is 2.06 bits per heavy atom. The lowest BCUT2D eigenvalue weighted by Gasteiger charge is -2.27. The van der Waals surface area contributed by atoms with E-state index in [4.69, 9.17) is 11.6 Å². The summed E-state index contributed by atoms with van der Waals surface area (Å²) in [6.45, 7) is 6.37. The normalized spacial score (nSPS) is 14.5. The topological polar surface area (TPSA) is 38.0 Å². The van der Waals surface area contributed by atoms with E-state index in [1.54, 1.807) is 17.8 Å². The summed E-state index contributed by atoms with van der Waals surface area (Å²) < 4.78 is 1.73. The van der Waals surface area contributed by atoms with Crippen molar-refractivity contribution < 1.29 is 5.11 Å². The second kappa shape index (κ2) is 4.75. The predicted octanol–water partition coefficient (Wildman–Crippen LogP) is 3.12. The molecule has 0 aliphatic rings. The summed E-state index contributed by atoms with van der Waals surface area (Å²) in [5.74, 6) is 0. The Morgan fingerprint density at radius 3 is 2.67 bits per heavy atom. The number of halogens is 1. The molecule has 0 aliphatic carbocycles. The molecule has 0 fully saturated rings. The number of aliphatic hydroxyl groups is 1. The van der Waals surface area contributed by atoms with E-state index in [0.717, 1.165) is 11.1 Å². The highest BCUT2D eigenvalue weighted by atomic mass is 35.5. The van der Waals surface area contributed by atoms with Crippen LogP contribution in [0.15, 0.2) is 30.5 Å². The monoisotopic (exact) mass is 264 g/mol. The molecule has 0 saturated carbocycles. The zero-order chi connectivity index (χ0) is 13.3. The van der Waals surface area contributed by atoms with Crippen LogP contribution in [0.5, 0.6) is 0 Å². The molecule has 1 unspecified atom stereocenters. The molecular formula is C14H17ClN2O. The first-order valence-corrected chi connectivity index (χ1v) is 6.36. The maximum absolute atomic E-state index is 10.9. The third kappa shape index (κ3) is 2.04. The van der Waals surface area contributed by atoms with E-state index in [2.05, 4.69) is 5.10 Å². The van der Waals surface area contributed by atoms with E-state index < -0.39 is 5.60 Å². The second-order valence-electron chi connectivity index (χ2n) is 4.54. The smallest absolute Gasteiger partial charge is 0.130 e. The Hall–Kier alpha value is -1.32. The Kier molecular flexibility index (Phi) is 3.46. The molecule has 3 nitrogen and oxygen atoms in total. The van der Waals surface area contributed by atoms with Crippen LogP contribution in [-0.4, -0.2) is 14.9 Å². The van der Waals surface area contributed by atoms with Crippen molar-refractivity contribution in [3.63, 3.8) is 0 Å². The van der Waals surface area contributed by atoms with Gasteiger partial charge in [-0.3, -0.25) is 4.68 Å². The van der Waals surface area contributed by atoms with Gasteiger partial charge in [-0.05, 0) is 31.9 Å². The molecule has 0 amide bonds. The van der Waals surface area contributed by atoms with Gasteiger partial charge in [-0.1, -0.05) is 35.9 Å². The van der Waals surface area contributed by atoms with Crippen LogP contribution < -0.4 is 0 Å². The third-order valence-corrected chi connectivity index (χ3v) is 3.50. The van der Waals surface area contributed by atoms with E-state index in [1.807, 2.05) is 38.1 Å². The summed E-state index contributed by atoms with van der Waals surface area (Å²) in [6.07, 6.45) is 1.58. The van der Waals surface area contributed by atoms with Crippen molar-refractivity contribution in [2.24, 2.45) is 0 Å². The Bertz CT molecular complexity index is 561. The molecule has 1 N–H and O–H groups in total. The Morgan fingerprint density at radius 1 is 1.39 bits per heavy atom. The number of nitrogens with zero attached hydrogens (tertiary/aromatic N) is 2. The van der Waals surface area contributed by atoms with Crippen molar-refractivity contribution in [1.29, 1.82) is 0 Å². The molecule has 0 radical (unpaired) electrons. The van der Waals surface area contributed by atoms with Crippen LogP contribution in [0.1, 0.15) is 30.7 Å². The fourth-order valence-electron chi connectivity index (χ4n) is 2.33. The largest absolute Gasteiger partial charge is 0.379 e. The lowest BCUT2D eigenvalue weighted by atomic mass is 9.89. The Labute approximate surface area is 112 Å². The van der Waals surface area contributed by atoms with E-state index in [1.165, 1.54) is 0 Å². The molecule has 18 heavy (non-hydrogen) atoms. The molecule has 0 bridgehead atoms. The summed E-state index contributed by atoms with van der Waals surface area (Å²) in [5, 5.41) is 15.5. The third-order valence-electron chi connectivity index (χ3n) is 3.22. The minimum Gasteiger partial charge on any atom is -0.379 e. The molecule has 96 valence electrons.